The van der Waals surface area contributed by atoms with E-state index < -0.39 is 5.91 Å². The second-order valence-electron chi connectivity index (χ2n) is 4.58. The molecule has 2 aromatic rings. The number of hydrogen-bond donors (Lipinski definition) is 2. The predicted molar refractivity (Wildman–Crippen MR) is 94.9 cm³/mol. The Morgan fingerprint density at radius 2 is 1.68 bits per heavy atom. The molecule has 0 aliphatic carbocycles. The number of hydrazine groups is 1. The molecule has 0 spiro atoms. The molecule has 0 fully saturated rings. The molecule has 0 saturated carbocycles. The van der Waals surface area contributed by atoms with E-state index in [0.29, 0.717) is 16.1 Å². The smallest absolute Gasteiger partial charge is 0.267 e. The Bertz CT molecular complexity index is 702. The molecule has 0 saturated heterocycles. The monoisotopic (exact) mass is 428 g/mol. The molecular weight excluding hydrogens is 415 g/mol. The van der Waals surface area contributed by atoms with Crippen LogP contribution in [0.5, 0.6) is 0 Å². The third-order valence-electron chi connectivity index (χ3n) is 3.09. The number of nitrogens with one attached hydrogen (secondary N) is 2. The molecule has 6 heteroatoms. The fourth-order valence-corrected chi connectivity index (χ4v) is 2.57. The Kier molecular flexibility index (Phi) is 5.79. The van der Waals surface area contributed by atoms with E-state index in [1.807, 2.05) is 41.6 Å². The van der Waals surface area contributed by atoms with Crippen LogP contribution in [0, 0.1) is 3.57 Å². The number of aryl methyl sites for hydroxylation is 1. The van der Waals surface area contributed by atoms with Gasteiger partial charge in [0.1, 0.15) is 0 Å². The summed E-state index contributed by atoms with van der Waals surface area (Å²) in [6.07, 6.45) is 0.909. The molecule has 0 atom stereocenters. The van der Waals surface area contributed by atoms with Crippen molar-refractivity contribution in [3.8, 4) is 0 Å². The van der Waals surface area contributed by atoms with Gasteiger partial charge in [0, 0.05) is 14.2 Å². The Labute approximate surface area is 147 Å². The Morgan fingerprint density at radius 3 is 2.32 bits per heavy atom. The summed E-state index contributed by atoms with van der Waals surface area (Å²) >= 11 is 7.91. The van der Waals surface area contributed by atoms with Gasteiger partial charge < -0.3 is 0 Å². The van der Waals surface area contributed by atoms with Crippen molar-refractivity contribution < 1.29 is 9.59 Å². The molecular formula is C16H14ClIN2O2. The van der Waals surface area contributed by atoms with Crippen molar-refractivity contribution >= 4 is 46.0 Å². The summed E-state index contributed by atoms with van der Waals surface area (Å²) in [6.45, 7) is 2.04. The SMILES string of the molecule is CCc1ccc(C(=O)NNC(=O)c2cc(Cl)ccc2I)cc1. The zero-order valence-electron chi connectivity index (χ0n) is 11.8. The molecule has 0 aromatic heterocycles. The first kappa shape index (κ1) is 16.8. The minimum atomic E-state index is -0.412. The van der Waals surface area contributed by atoms with Crippen LogP contribution in [-0.2, 0) is 6.42 Å². The van der Waals surface area contributed by atoms with Gasteiger partial charge in [0.25, 0.3) is 11.8 Å². The van der Waals surface area contributed by atoms with Crippen LogP contribution in [0.4, 0.5) is 0 Å². The second kappa shape index (κ2) is 7.60. The number of carbonyl (C=O) groups excluding carboxylic acids is 2. The number of amides is 2. The first-order valence-corrected chi connectivity index (χ1v) is 8.11. The van der Waals surface area contributed by atoms with Gasteiger partial charge in [0.05, 0.1) is 5.56 Å². The van der Waals surface area contributed by atoms with Crippen LogP contribution >= 0.6 is 34.2 Å². The first-order valence-electron chi connectivity index (χ1n) is 6.66. The van der Waals surface area contributed by atoms with Crippen LogP contribution in [0.1, 0.15) is 33.2 Å². The molecule has 0 aliphatic heterocycles. The average molecular weight is 429 g/mol. The van der Waals surface area contributed by atoms with Crippen LogP contribution in [0.2, 0.25) is 5.02 Å². The number of rotatable bonds is 3. The predicted octanol–water partition coefficient (Wildman–Crippen LogP) is 3.58. The van der Waals surface area contributed by atoms with Crippen molar-refractivity contribution in [2.24, 2.45) is 0 Å². The third kappa shape index (κ3) is 4.20. The van der Waals surface area contributed by atoms with Crippen molar-refractivity contribution in [2.75, 3.05) is 0 Å². The van der Waals surface area contributed by atoms with Crippen LogP contribution in [-0.4, -0.2) is 11.8 Å². The normalized spacial score (nSPS) is 10.1. The molecule has 114 valence electrons. The molecule has 2 amide bonds. The van der Waals surface area contributed by atoms with Crippen molar-refractivity contribution in [2.45, 2.75) is 13.3 Å². The van der Waals surface area contributed by atoms with Crippen molar-refractivity contribution in [1.82, 2.24) is 10.9 Å². The molecule has 0 unspecified atom stereocenters. The molecule has 2 N–H and O–H groups in total. The minimum Gasteiger partial charge on any atom is -0.267 e. The lowest BCUT2D eigenvalue weighted by Crippen LogP contribution is -2.41. The average Bonchev–Trinajstić information content (AvgIpc) is 2.54. The van der Waals surface area contributed by atoms with Gasteiger partial charge >= 0.3 is 0 Å². The van der Waals surface area contributed by atoms with E-state index in [4.69, 9.17) is 11.6 Å². The highest BCUT2D eigenvalue weighted by molar-refractivity contribution is 14.1. The third-order valence-corrected chi connectivity index (χ3v) is 4.26. The van der Waals surface area contributed by atoms with Gasteiger partial charge in [-0.05, 0) is 64.9 Å². The molecule has 0 aliphatic rings. The van der Waals surface area contributed by atoms with Crippen molar-refractivity contribution in [1.29, 1.82) is 0 Å². The standard InChI is InChI=1S/C16H14ClIN2O2/c1-2-10-3-5-11(6-4-10)15(21)19-20-16(22)13-9-12(17)7-8-14(13)18/h3-9H,2H2,1H3,(H,19,21)(H,20,22). The van der Waals surface area contributed by atoms with Gasteiger partial charge in [-0.1, -0.05) is 30.7 Å². The van der Waals surface area contributed by atoms with Crippen LogP contribution in [0.3, 0.4) is 0 Å². The van der Waals surface area contributed by atoms with Crippen molar-refractivity contribution in [3.05, 3.63) is 67.7 Å². The van der Waals surface area contributed by atoms with Gasteiger partial charge in [-0.3, -0.25) is 20.4 Å². The fraction of sp³-hybridized carbons (Fsp3) is 0.125. The topological polar surface area (TPSA) is 58.2 Å². The summed E-state index contributed by atoms with van der Waals surface area (Å²) in [5.74, 6) is -0.779. The van der Waals surface area contributed by atoms with E-state index in [2.05, 4.69) is 10.9 Å². The fourth-order valence-electron chi connectivity index (χ4n) is 1.82. The lowest BCUT2D eigenvalue weighted by molar-refractivity contribution is 0.0846. The lowest BCUT2D eigenvalue weighted by atomic mass is 10.1. The Balaban J connectivity index is 2.00. The highest BCUT2D eigenvalue weighted by atomic mass is 127. The molecule has 2 rings (SSSR count). The summed E-state index contributed by atoms with van der Waals surface area (Å²) in [5.41, 5.74) is 6.83. The summed E-state index contributed by atoms with van der Waals surface area (Å²) in [7, 11) is 0. The molecule has 0 bridgehead atoms. The largest absolute Gasteiger partial charge is 0.270 e. The second-order valence-corrected chi connectivity index (χ2v) is 6.18. The number of carbonyl (C=O) groups is 2. The van der Waals surface area contributed by atoms with Gasteiger partial charge in [0.15, 0.2) is 0 Å². The van der Waals surface area contributed by atoms with Crippen molar-refractivity contribution in [3.63, 3.8) is 0 Å². The Hall–Kier alpha value is -1.60. The lowest BCUT2D eigenvalue weighted by Gasteiger charge is -2.09. The van der Waals surface area contributed by atoms with Gasteiger partial charge in [-0.25, -0.2) is 0 Å². The maximum atomic E-state index is 12.1. The van der Waals surface area contributed by atoms with E-state index in [0.717, 1.165) is 15.6 Å². The van der Waals surface area contributed by atoms with Crippen LogP contribution < -0.4 is 10.9 Å². The molecule has 0 radical (unpaired) electrons. The maximum absolute atomic E-state index is 12.1. The zero-order chi connectivity index (χ0) is 16.1. The van der Waals surface area contributed by atoms with Gasteiger partial charge in [0.2, 0.25) is 0 Å². The summed E-state index contributed by atoms with van der Waals surface area (Å²) in [4.78, 5) is 24.0. The summed E-state index contributed by atoms with van der Waals surface area (Å²) in [5, 5.41) is 0.465. The highest BCUT2D eigenvalue weighted by Gasteiger charge is 2.12. The zero-order valence-corrected chi connectivity index (χ0v) is 14.7. The summed E-state index contributed by atoms with van der Waals surface area (Å²) in [6, 6.07) is 12.2. The first-order chi connectivity index (χ1) is 10.5. The molecule has 0 heterocycles. The van der Waals surface area contributed by atoms with E-state index >= 15 is 0 Å². The van der Waals surface area contributed by atoms with E-state index in [1.54, 1.807) is 30.3 Å². The van der Waals surface area contributed by atoms with Gasteiger partial charge in [-0.15, -0.1) is 0 Å². The molecule has 2 aromatic carbocycles. The Morgan fingerprint density at radius 1 is 1.05 bits per heavy atom. The number of hydrogen-bond acceptors (Lipinski definition) is 2. The van der Waals surface area contributed by atoms with Crippen LogP contribution in [0.25, 0.3) is 0 Å². The minimum absolute atomic E-state index is 0.368. The van der Waals surface area contributed by atoms with E-state index in [9.17, 15) is 9.59 Å². The molecule has 22 heavy (non-hydrogen) atoms. The van der Waals surface area contributed by atoms with Crippen LogP contribution in [0.15, 0.2) is 42.5 Å². The molecule has 4 nitrogen and oxygen atoms in total. The maximum Gasteiger partial charge on any atom is 0.270 e. The number of benzene rings is 2. The highest BCUT2D eigenvalue weighted by Crippen LogP contribution is 2.17. The van der Waals surface area contributed by atoms with E-state index in [1.165, 1.54) is 0 Å². The number of halogens is 2. The summed E-state index contributed by atoms with van der Waals surface area (Å²) < 4.78 is 0.751. The van der Waals surface area contributed by atoms with Gasteiger partial charge in [-0.2, -0.15) is 0 Å². The van der Waals surface area contributed by atoms with E-state index in [-0.39, 0.29) is 5.91 Å². The quantitative estimate of drug-likeness (QED) is 0.580.